The molecule has 0 unspecified atom stereocenters. The minimum Gasteiger partial charge on any atom is -0.402 e. The summed E-state index contributed by atoms with van der Waals surface area (Å²) < 4.78 is 83.8. The predicted molar refractivity (Wildman–Crippen MR) is 68.0 cm³/mol. The van der Waals surface area contributed by atoms with Gasteiger partial charge in [-0.2, -0.15) is 0 Å². The number of fused-ring (bicyclic) bond motifs is 1. The molecule has 22 heavy (non-hydrogen) atoms. The van der Waals surface area contributed by atoms with Crippen LogP contribution in [0.3, 0.4) is 0 Å². The zero-order valence-electron chi connectivity index (χ0n) is 11.0. The van der Waals surface area contributed by atoms with Gasteiger partial charge < -0.3 is 17.2 Å². The zero-order valence-corrected chi connectivity index (χ0v) is 11.0. The van der Waals surface area contributed by atoms with Gasteiger partial charge in [-0.3, -0.25) is 0 Å². The summed E-state index contributed by atoms with van der Waals surface area (Å²) in [5.41, 5.74) is 14.6. The first-order chi connectivity index (χ1) is 10.1. The molecular weight excluding hydrogens is 312 g/mol. The van der Waals surface area contributed by atoms with Gasteiger partial charge in [0.05, 0.1) is 21.2 Å². The van der Waals surface area contributed by atoms with E-state index in [1.807, 2.05) is 0 Å². The molecule has 0 spiro atoms. The minimum absolute atomic E-state index is 0.537. The number of nitrogens with two attached hydrogens (primary N) is 3. The van der Waals surface area contributed by atoms with E-state index >= 15 is 0 Å². The lowest BCUT2D eigenvalue weighted by atomic mass is 10.0. The highest BCUT2D eigenvalue weighted by Gasteiger charge is 2.27. The van der Waals surface area contributed by atoms with Crippen molar-refractivity contribution < 1.29 is 26.3 Å². The van der Waals surface area contributed by atoms with E-state index in [-0.39, 0.29) is 0 Å². The molecule has 9 heteroatoms. The molecule has 0 aliphatic heterocycles. The first kappa shape index (κ1) is 15.8. The van der Waals surface area contributed by atoms with E-state index in [9.17, 15) is 26.3 Å². The van der Waals surface area contributed by atoms with E-state index in [2.05, 4.69) is 0 Å². The maximum absolute atomic E-state index is 14.2. The second kappa shape index (κ2) is 5.00. The summed E-state index contributed by atoms with van der Waals surface area (Å²) in [5.74, 6) is -12.2. The lowest BCUT2D eigenvalue weighted by molar-refractivity contribution is 0.470. The molecule has 2 aromatic carbocycles. The highest BCUT2D eigenvalue weighted by Crippen LogP contribution is 2.26. The molecule has 0 radical (unpaired) electrons. The third-order valence-corrected chi connectivity index (χ3v) is 3.07. The molecule has 2 aromatic rings. The van der Waals surface area contributed by atoms with Crippen molar-refractivity contribution in [3.63, 3.8) is 0 Å². The van der Waals surface area contributed by atoms with Crippen molar-refractivity contribution in [2.24, 2.45) is 17.2 Å². The van der Waals surface area contributed by atoms with Crippen LogP contribution in [0.1, 0.15) is 6.92 Å². The minimum atomic E-state index is -1.96. The highest BCUT2D eigenvalue weighted by molar-refractivity contribution is 5.86. The molecule has 0 amide bonds. The van der Waals surface area contributed by atoms with Crippen molar-refractivity contribution in [1.82, 2.24) is 0 Å². The van der Waals surface area contributed by atoms with Crippen LogP contribution in [-0.2, 0) is 0 Å². The van der Waals surface area contributed by atoms with Gasteiger partial charge in [0.1, 0.15) is 17.5 Å². The van der Waals surface area contributed by atoms with Gasteiger partial charge in [0.2, 0.25) is 0 Å². The molecule has 6 N–H and O–H groups in total. The molecule has 0 atom stereocenters. The average Bonchev–Trinajstić information content (AvgIpc) is 2.39. The van der Waals surface area contributed by atoms with Crippen LogP contribution in [0, 0.1) is 34.9 Å². The summed E-state index contributed by atoms with van der Waals surface area (Å²) in [5, 5.41) is -5.27. The van der Waals surface area contributed by atoms with E-state index in [1.165, 1.54) is 0 Å². The Labute approximate surface area is 119 Å². The number of hydrogen-bond donors (Lipinski definition) is 3. The van der Waals surface area contributed by atoms with Crippen LogP contribution in [0.4, 0.5) is 26.3 Å². The fraction of sp³-hybridized carbons (Fsp3) is 0.0769. The Morgan fingerprint density at radius 2 is 0.955 bits per heavy atom. The summed E-state index contributed by atoms with van der Waals surface area (Å²) in [4.78, 5) is 0. The fourth-order valence-corrected chi connectivity index (χ4v) is 2.11. The van der Waals surface area contributed by atoms with Crippen LogP contribution in [-0.4, -0.2) is 0 Å². The molecule has 0 saturated carbocycles. The van der Waals surface area contributed by atoms with Crippen LogP contribution in [0.2, 0.25) is 0 Å². The van der Waals surface area contributed by atoms with Crippen molar-refractivity contribution in [1.29, 1.82) is 0 Å². The lowest BCUT2D eigenvalue weighted by Gasteiger charge is -2.10. The highest BCUT2D eigenvalue weighted by atomic mass is 19.2. The molecule has 0 heterocycles. The van der Waals surface area contributed by atoms with E-state index in [0.717, 1.165) is 6.92 Å². The maximum Gasteiger partial charge on any atom is 0.173 e. The Kier molecular flexibility index (Phi) is 3.59. The summed E-state index contributed by atoms with van der Waals surface area (Å²) in [7, 11) is 0. The van der Waals surface area contributed by atoms with Crippen molar-refractivity contribution in [2.45, 2.75) is 6.92 Å². The van der Waals surface area contributed by atoms with E-state index < -0.39 is 67.6 Å². The van der Waals surface area contributed by atoms with Crippen LogP contribution < -0.4 is 27.6 Å². The molecular formula is C13H9F6N3. The SMILES string of the molecule is C/C(N)=c1/c(F)c(F)c2c(F)c(=C(N)N)c(F)c(F)c2c1F. The van der Waals surface area contributed by atoms with Gasteiger partial charge in [-0.05, 0) is 6.92 Å². The molecule has 0 saturated heterocycles. The second-order valence-corrected chi connectivity index (χ2v) is 4.52. The van der Waals surface area contributed by atoms with E-state index in [0.29, 0.717) is 0 Å². The monoisotopic (exact) mass is 321 g/mol. The standard InChI is InChI=1S/C13H9F6N3/c1-2(20)3-7(14)4-5(10(17)9(3)16)8(15)6(13(21)22)12(19)11(4)18/h20-22H2,1H3/b3-2-. The summed E-state index contributed by atoms with van der Waals surface area (Å²) in [6.07, 6.45) is 0. The molecule has 0 fully saturated rings. The van der Waals surface area contributed by atoms with Gasteiger partial charge in [0.25, 0.3) is 0 Å². The van der Waals surface area contributed by atoms with E-state index in [4.69, 9.17) is 17.2 Å². The van der Waals surface area contributed by atoms with Crippen LogP contribution >= 0.6 is 0 Å². The molecule has 0 aliphatic carbocycles. The van der Waals surface area contributed by atoms with Crippen LogP contribution in [0.15, 0.2) is 0 Å². The Hall–Kier alpha value is -2.58. The van der Waals surface area contributed by atoms with Gasteiger partial charge >= 0.3 is 0 Å². The molecule has 0 bridgehead atoms. The Morgan fingerprint density at radius 3 is 1.32 bits per heavy atom. The molecule has 2 rings (SSSR count). The van der Waals surface area contributed by atoms with E-state index in [1.54, 1.807) is 0 Å². The Bertz CT molecular complexity index is 851. The van der Waals surface area contributed by atoms with Crippen LogP contribution in [0.25, 0.3) is 22.3 Å². The van der Waals surface area contributed by atoms with Crippen molar-refractivity contribution in [3.8, 4) is 0 Å². The van der Waals surface area contributed by atoms with Gasteiger partial charge in [0, 0.05) is 5.70 Å². The Balaban J connectivity index is 3.41. The fourth-order valence-electron chi connectivity index (χ4n) is 2.11. The topological polar surface area (TPSA) is 78.1 Å². The van der Waals surface area contributed by atoms with Gasteiger partial charge in [-0.15, -0.1) is 0 Å². The quantitative estimate of drug-likeness (QED) is 0.495. The number of rotatable bonds is 0. The second-order valence-electron chi connectivity index (χ2n) is 4.52. The average molecular weight is 321 g/mol. The Morgan fingerprint density at radius 1 is 0.591 bits per heavy atom. The summed E-state index contributed by atoms with van der Waals surface area (Å²) >= 11 is 0. The maximum atomic E-state index is 14.2. The van der Waals surface area contributed by atoms with Gasteiger partial charge in [-0.25, -0.2) is 26.3 Å². The predicted octanol–water partition coefficient (Wildman–Crippen LogP) is 0.744. The largest absolute Gasteiger partial charge is 0.402 e. The van der Waals surface area contributed by atoms with Crippen LogP contribution in [0.5, 0.6) is 0 Å². The third-order valence-electron chi connectivity index (χ3n) is 3.07. The smallest absolute Gasteiger partial charge is 0.173 e. The zero-order chi connectivity index (χ0) is 16.9. The number of hydrogen-bond acceptors (Lipinski definition) is 3. The van der Waals surface area contributed by atoms with Gasteiger partial charge in [-0.1, -0.05) is 0 Å². The summed E-state index contributed by atoms with van der Waals surface area (Å²) in [6.45, 7) is 1.01. The van der Waals surface area contributed by atoms with Crippen molar-refractivity contribution in [3.05, 3.63) is 45.3 Å². The normalized spacial score (nSPS) is 12.7. The first-order valence-corrected chi connectivity index (χ1v) is 5.75. The molecule has 0 aromatic heterocycles. The summed E-state index contributed by atoms with van der Waals surface area (Å²) in [6, 6.07) is 0. The third kappa shape index (κ3) is 1.92. The number of benzene rings is 2. The molecule has 3 nitrogen and oxygen atoms in total. The van der Waals surface area contributed by atoms with Gasteiger partial charge in [0.15, 0.2) is 23.3 Å². The lowest BCUT2D eigenvalue weighted by Crippen LogP contribution is -2.30. The molecule has 118 valence electrons. The first-order valence-electron chi connectivity index (χ1n) is 5.75. The molecule has 0 aliphatic rings. The van der Waals surface area contributed by atoms with Crippen molar-refractivity contribution in [2.75, 3.05) is 0 Å². The van der Waals surface area contributed by atoms with Crippen molar-refractivity contribution >= 4 is 22.3 Å². The number of halogens is 6.